The fourth-order valence-corrected chi connectivity index (χ4v) is 3.44. The van der Waals surface area contributed by atoms with Gasteiger partial charge in [-0.1, -0.05) is 24.3 Å². The second-order valence-corrected chi connectivity index (χ2v) is 8.82. The third kappa shape index (κ3) is 8.42. The molecule has 40 heavy (non-hydrogen) atoms. The largest absolute Gasteiger partial charge is 0.457 e. The van der Waals surface area contributed by atoms with Crippen molar-refractivity contribution < 1.29 is 38.4 Å². The molecule has 0 saturated heterocycles. The lowest BCUT2D eigenvalue weighted by atomic mass is 10.0. The van der Waals surface area contributed by atoms with Gasteiger partial charge in [-0.3, -0.25) is 29.3 Å². The van der Waals surface area contributed by atoms with Crippen molar-refractivity contribution in [2.75, 3.05) is 18.5 Å². The van der Waals surface area contributed by atoms with E-state index in [1.165, 1.54) is 42.5 Å². The Morgan fingerprint density at radius 2 is 1.38 bits per heavy atom. The number of aryl methyl sites for hydroxylation is 2. The van der Waals surface area contributed by atoms with E-state index in [1.54, 1.807) is 12.1 Å². The fraction of sp³-hybridized carbons (Fsp3) is 0.207. The number of nitro benzene ring substituents is 1. The van der Waals surface area contributed by atoms with E-state index in [-0.39, 0.29) is 35.4 Å². The molecule has 0 aliphatic rings. The highest BCUT2D eigenvalue weighted by atomic mass is 16.6. The standard InChI is InChI=1S/C29H26N2O9/c1-18-6-7-22(14-19(18)2)25(32)16-39-28(35)13-12-27(34)30-23-10-8-20(9-11-23)29(36)40-17-26(33)21-4-3-5-24(15-21)31(37)38/h3-11,14-15H,12-13,16-17H2,1-2H3,(H,30,34). The number of amides is 1. The number of non-ortho nitro benzene ring substituents is 1. The van der Waals surface area contributed by atoms with Crippen LogP contribution in [0.4, 0.5) is 11.4 Å². The molecule has 1 N–H and O–H groups in total. The van der Waals surface area contributed by atoms with Crippen molar-refractivity contribution in [1.82, 2.24) is 0 Å². The Bertz CT molecular complexity index is 1460. The van der Waals surface area contributed by atoms with Crippen LogP contribution in [0.15, 0.2) is 66.7 Å². The second-order valence-electron chi connectivity index (χ2n) is 8.82. The van der Waals surface area contributed by atoms with Gasteiger partial charge in [-0.05, 0) is 55.3 Å². The number of nitrogens with zero attached hydrogens (tertiary/aromatic N) is 1. The predicted octanol–water partition coefficient (Wildman–Crippen LogP) is 4.40. The molecule has 0 saturated carbocycles. The van der Waals surface area contributed by atoms with Crippen molar-refractivity contribution in [2.45, 2.75) is 26.7 Å². The molecule has 0 unspecified atom stereocenters. The van der Waals surface area contributed by atoms with Crippen LogP contribution in [0.2, 0.25) is 0 Å². The Labute approximate surface area is 229 Å². The number of Topliss-reactive ketones (excluding diaryl/α,β-unsaturated/α-hetero) is 2. The Kier molecular flexibility index (Phi) is 9.95. The van der Waals surface area contributed by atoms with Gasteiger partial charge in [0.2, 0.25) is 11.7 Å². The summed E-state index contributed by atoms with van der Waals surface area (Å²) in [4.78, 5) is 71.0. The SMILES string of the molecule is Cc1ccc(C(=O)COC(=O)CCC(=O)Nc2ccc(C(=O)OCC(=O)c3cccc([N+](=O)[O-])c3)cc2)cc1C. The monoisotopic (exact) mass is 546 g/mol. The first-order chi connectivity index (χ1) is 19.0. The summed E-state index contributed by atoms with van der Waals surface area (Å²) >= 11 is 0. The first kappa shape index (κ1) is 29.4. The highest BCUT2D eigenvalue weighted by Gasteiger charge is 2.16. The average Bonchev–Trinajstić information content (AvgIpc) is 2.95. The molecule has 0 fully saturated rings. The number of ether oxygens (including phenoxy) is 2. The number of benzene rings is 3. The molecule has 11 nitrogen and oxygen atoms in total. The minimum Gasteiger partial charge on any atom is -0.457 e. The van der Waals surface area contributed by atoms with Crippen molar-refractivity contribution in [3.05, 3.63) is 105 Å². The summed E-state index contributed by atoms with van der Waals surface area (Å²) in [5, 5.41) is 13.4. The van der Waals surface area contributed by atoms with Gasteiger partial charge in [0, 0.05) is 35.4 Å². The van der Waals surface area contributed by atoms with Crippen LogP contribution in [-0.2, 0) is 19.1 Å². The fourth-order valence-electron chi connectivity index (χ4n) is 3.44. The Balaban J connectivity index is 1.40. The quantitative estimate of drug-likeness (QED) is 0.150. The Morgan fingerprint density at radius 1 is 0.750 bits per heavy atom. The van der Waals surface area contributed by atoms with E-state index < -0.39 is 41.8 Å². The van der Waals surface area contributed by atoms with Crippen LogP contribution in [0, 0.1) is 24.0 Å². The third-order valence-electron chi connectivity index (χ3n) is 5.87. The molecule has 0 spiro atoms. The smallest absolute Gasteiger partial charge is 0.338 e. The van der Waals surface area contributed by atoms with Gasteiger partial charge in [0.15, 0.2) is 19.0 Å². The van der Waals surface area contributed by atoms with E-state index in [9.17, 15) is 34.1 Å². The number of esters is 2. The van der Waals surface area contributed by atoms with Crippen LogP contribution in [0.1, 0.15) is 55.0 Å². The lowest BCUT2D eigenvalue weighted by Crippen LogP contribution is -2.17. The summed E-state index contributed by atoms with van der Waals surface area (Å²) in [6.45, 7) is 2.78. The average molecular weight is 547 g/mol. The molecular formula is C29H26N2O9. The first-order valence-corrected chi connectivity index (χ1v) is 12.1. The highest BCUT2D eigenvalue weighted by Crippen LogP contribution is 2.15. The van der Waals surface area contributed by atoms with E-state index in [2.05, 4.69) is 5.32 Å². The molecular weight excluding hydrogens is 520 g/mol. The molecule has 1 amide bonds. The summed E-state index contributed by atoms with van der Waals surface area (Å²) in [5.41, 5.74) is 2.68. The van der Waals surface area contributed by atoms with Gasteiger partial charge in [0.05, 0.1) is 16.9 Å². The summed E-state index contributed by atoms with van der Waals surface area (Å²) in [5.74, 6) is -2.91. The van der Waals surface area contributed by atoms with Crippen molar-refractivity contribution in [2.24, 2.45) is 0 Å². The number of carbonyl (C=O) groups excluding carboxylic acids is 5. The molecule has 0 bridgehead atoms. The zero-order chi connectivity index (χ0) is 29.2. The number of nitrogens with one attached hydrogen (secondary N) is 1. The van der Waals surface area contributed by atoms with E-state index in [4.69, 9.17) is 9.47 Å². The molecule has 0 atom stereocenters. The van der Waals surface area contributed by atoms with Crippen LogP contribution in [0.3, 0.4) is 0 Å². The molecule has 0 heterocycles. The van der Waals surface area contributed by atoms with Crippen molar-refractivity contribution in [1.29, 1.82) is 0 Å². The number of nitro groups is 1. The maximum atomic E-state index is 12.3. The number of ketones is 2. The molecule has 0 aliphatic carbocycles. The lowest BCUT2D eigenvalue weighted by Gasteiger charge is -2.08. The zero-order valence-electron chi connectivity index (χ0n) is 21.8. The molecule has 3 aromatic rings. The predicted molar refractivity (Wildman–Crippen MR) is 143 cm³/mol. The third-order valence-corrected chi connectivity index (χ3v) is 5.87. The highest BCUT2D eigenvalue weighted by molar-refractivity contribution is 6.00. The van der Waals surface area contributed by atoms with Crippen LogP contribution >= 0.6 is 0 Å². The number of hydrogen-bond acceptors (Lipinski definition) is 9. The van der Waals surface area contributed by atoms with Gasteiger partial charge in [-0.25, -0.2) is 4.79 Å². The topological polar surface area (TPSA) is 159 Å². The van der Waals surface area contributed by atoms with Gasteiger partial charge in [0.1, 0.15) is 0 Å². The van der Waals surface area contributed by atoms with Gasteiger partial charge >= 0.3 is 11.9 Å². The Hall–Kier alpha value is -5.19. The van der Waals surface area contributed by atoms with Crippen LogP contribution < -0.4 is 5.32 Å². The van der Waals surface area contributed by atoms with Crippen LogP contribution in [0.25, 0.3) is 0 Å². The summed E-state index contributed by atoms with van der Waals surface area (Å²) in [6, 6.07) is 15.9. The molecule has 11 heteroatoms. The minimum atomic E-state index is -0.797. The maximum Gasteiger partial charge on any atom is 0.338 e. The number of carbonyl (C=O) groups is 5. The number of hydrogen-bond donors (Lipinski definition) is 1. The molecule has 3 rings (SSSR count). The van der Waals surface area contributed by atoms with Crippen molar-refractivity contribution in [3.63, 3.8) is 0 Å². The molecule has 0 radical (unpaired) electrons. The summed E-state index contributed by atoms with van der Waals surface area (Å²) in [7, 11) is 0. The number of anilines is 1. The Morgan fingerprint density at radius 3 is 2.02 bits per heavy atom. The molecule has 0 aliphatic heterocycles. The number of rotatable bonds is 12. The van der Waals surface area contributed by atoms with Gasteiger partial charge in [-0.15, -0.1) is 0 Å². The zero-order valence-corrected chi connectivity index (χ0v) is 21.8. The normalized spacial score (nSPS) is 10.3. The van der Waals surface area contributed by atoms with Gasteiger partial charge in [-0.2, -0.15) is 0 Å². The summed E-state index contributed by atoms with van der Waals surface area (Å²) < 4.78 is 9.97. The summed E-state index contributed by atoms with van der Waals surface area (Å²) in [6.07, 6.45) is -0.407. The van der Waals surface area contributed by atoms with Crippen LogP contribution in [-0.4, -0.2) is 47.5 Å². The minimum absolute atomic E-state index is 0.0388. The maximum absolute atomic E-state index is 12.3. The molecule has 206 valence electrons. The van der Waals surface area contributed by atoms with E-state index in [0.717, 1.165) is 17.2 Å². The van der Waals surface area contributed by atoms with Gasteiger partial charge < -0.3 is 14.8 Å². The lowest BCUT2D eigenvalue weighted by molar-refractivity contribution is -0.384. The molecule has 3 aromatic carbocycles. The van der Waals surface area contributed by atoms with Crippen molar-refractivity contribution >= 4 is 40.8 Å². The van der Waals surface area contributed by atoms with E-state index >= 15 is 0 Å². The molecule has 0 aromatic heterocycles. The van der Waals surface area contributed by atoms with Crippen LogP contribution in [0.5, 0.6) is 0 Å². The van der Waals surface area contributed by atoms with Crippen molar-refractivity contribution in [3.8, 4) is 0 Å². The first-order valence-electron chi connectivity index (χ1n) is 12.1. The second kappa shape index (κ2) is 13.6. The van der Waals surface area contributed by atoms with E-state index in [0.29, 0.717) is 11.3 Å². The van der Waals surface area contributed by atoms with Gasteiger partial charge in [0.25, 0.3) is 5.69 Å². The van der Waals surface area contributed by atoms with E-state index in [1.807, 2.05) is 19.9 Å².